The number of hydrogen-bond acceptors (Lipinski definition) is 5. The van der Waals surface area contributed by atoms with E-state index in [-0.39, 0.29) is 11.9 Å². The molecule has 1 saturated heterocycles. The summed E-state index contributed by atoms with van der Waals surface area (Å²) in [5, 5.41) is 12.4. The fourth-order valence-electron chi connectivity index (χ4n) is 1.67. The molecule has 88 valence electrons. The predicted octanol–water partition coefficient (Wildman–Crippen LogP) is 1.21. The Kier molecular flexibility index (Phi) is 3.93. The van der Waals surface area contributed by atoms with Gasteiger partial charge in [0.1, 0.15) is 5.82 Å². The highest BCUT2D eigenvalue weighted by Gasteiger charge is 2.14. The van der Waals surface area contributed by atoms with Crippen molar-refractivity contribution in [1.82, 2.24) is 9.97 Å². The highest BCUT2D eigenvalue weighted by atomic mass is 35.5. The first kappa shape index (κ1) is 11.6. The van der Waals surface area contributed by atoms with Crippen molar-refractivity contribution in [2.75, 3.05) is 18.5 Å². The second-order valence-electron chi connectivity index (χ2n) is 3.70. The van der Waals surface area contributed by atoms with Gasteiger partial charge in [0, 0.05) is 25.3 Å². The lowest BCUT2D eigenvalue weighted by molar-refractivity contribution is 0.0904. The van der Waals surface area contributed by atoms with Crippen LogP contribution in [0.5, 0.6) is 0 Å². The van der Waals surface area contributed by atoms with Crippen LogP contribution in [0.4, 0.5) is 5.82 Å². The van der Waals surface area contributed by atoms with Crippen molar-refractivity contribution >= 4 is 17.4 Å². The largest absolute Gasteiger partial charge is 0.390 e. The van der Waals surface area contributed by atoms with Crippen LogP contribution < -0.4 is 5.32 Å². The topological polar surface area (TPSA) is 67.3 Å². The fraction of sp³-hybridized carbons (Fsp3) is 0.600. The number of aromatic nitrogens is 2. The van der Waals surface area contributed by atoms with Crippen LogP contribution in [-0.2, 0) is 11.3 Å². The molecule has 16 heavy (non-hydrogen) atoms. The number of anilines is 1. The standard InChI is InChI=1S/C10H14ClN3O2/c11-10-13-8(6-15)5-9(14-10)12-7-1-3-16-4-2-7/h5,7,15H,1-4,6H2,(H,12,13,14). The third kappa shape index (κ3) is 3.04. The summed E-state index contributed by atoms with van der Waals surface area (Å²) in [5.74, 6) is 0.663. The Balaban J connectivity index is 2.04. The average molecular weight is 244 g/mol. The maximum absolute atomic E-state index is 9.00. The molecular formula is C10H14ClN3O2. The van der Waals surface area contributed by atoms with Crippen molar-refractivity contribution in [2.24, 2.45) is 0 Å². The molecule has 1 fully saturated rings. The first-order valence-corrected chi connectivity index (χ1v) is 5.64. The number of nitrogens with zero attached hydrogens (tertiary/aromatic N) is 2. The Bertz CT molecular complexity index is 356. The Morgan fingerprint density at radius 2 is 2.19 bits per heavy atom. The van der Waals surface area contributed by atoms with Gasteiger partial charge < -0.3 is 15.2 Å². The summed E-state index contributed by atoms with van der Waals surface area (Å²) in [7, 11) is 0. The zero-order valence-corrected chi connectivity index (χ0v) is 9.57. The summed E-state index contributed by atoms with van der Waals surface area (Å²) in [6, 6.07) is 2.06. The van der Waals surface area contributed by atoms with Crippen LogP contribution in [0.3, 0.4) is 0 Å². The molecule has 1 aromatic rings. The number of nitrogens with one attached hydrogen (secondary N) is 1. The van der Waals surface area contributed by atoms with E-state index < -0.39 is 0 Å². The molecule has 2 rings (SSSR count). The van der Waals surface area contributed by atoms with Crippen LogP contribution in [0, 0.1) is 0 Å². The first-order chi connectivity index (χ1) is 7.78. The first-order valence-electron chi connectivity index (χ1n) is 5.26. The van der Waals surface area contributed by atoms with Gasteiger partial charge in [-0.1, -0.05) is 0 Å². The lowest BCUT2D eigenvalue weighted by Gasteiger charge is -2.23. The zero-order valence-electron chi connectivity index (χ0n) is 8.82. The average Bonchev–Trinajstić information content (AvgIpc) is 2.29. The third-order valence-corrected chi connectivity index (χ3v) is 2.66. The number of rotatable bonds is 3. The highest BCUT2D eigenvalue weighted by molar-refractivity contribution is 6.28. The summed E-state index contributed by atoms with van der Waals surface area (Å²) in [5.41, 5.74) is 0.523. The van der Waals surface area contributed by atoms with Gasteiger partial charge in [0.15, 0.2) is 0 Å². The minimum Gasteiger partial charge on any atom is -0.390 e. The second-order valence-corrected chi connectivity index (χ2v) is 4.04. The van der Waals surface area contributed by atoms with Crippen LogP contribution in [0.15, 0.2) is 6.07 Å². The van der Waals surface area contributed by atoms with E-state index in [1.807, 2.05) is 0 Å². The third-order valence-electron chi connectivity index (χ3n) is 2.49. The van der Waals surface area contributed by atoms with E-state index in [2.05, 4.69) is 15.3 Å². The minimum absolute atomic E-state index is 0.134. The van der Waals surface area contributed by atoms with Gasteiger partial charge in [0.05, 0.1) is 12.3 Å². The Morgan fingerprint density at radius 1 is 1.44 bits per heavy atom. The van der Waals surface area contributed by atoms with Crippen molar-refractivity contribution in [3.8, 4) is 0 Å². The summed E-state index contributed by atoms with van der Waals surface area (Å²) >= 11 is 5.75. The quantitative estimate of drug-likeness (QED) is 0.782. The van der Waals surface area contributed by atoms with Gasteiger partial charge in [0.2, 0.25) is 5.28 Å². The molecule has 0 aliphatic carbocycles. The summed E-state index contributed by atoms with van der Waals surface area (Å²) in [6.45, 7) is 1.40. The zero-order chi connectivity index (χ0) is 11.4. The molecule has 1 aromatic heterocycles. The Hall–Kier alpha value is -0.910. The lowest BCUT2D eigenvalue weighted by atomic mass is 10.1. The summed E-state index contributed by atoms with van der Waals surface area (Å²) < 4.78 is 5.27. The normalized spacial score (nSPS) is 17.4. The van der Waals surface area contributed by atoms with E-state index in [1.54, 1.807) is 6.07 Å². The van der Waals surface area contributed by atoms with Crippen molar-refractivity contribution < 1.29 is 9.84 Å². The maximum Gasteiger partial charge on any atom is 0.224 e. The van der Waals surface area contributed by atoms with Gasteiger partial charge in [-0.15, -0.1) is 0 Å². The molecule has 1 aliphatic rings. The van der Waals surface area contributed by atoms with Gasteiger partial charge in [0.25, 0.3) is 0 Å². The van der Waals surface area contributed by atoms with E-state index >= 15 is 0 Å². The maximum atomic E-state index is 9.00. The van der Waals surface area contributed by atoms with Crippen LogP contribution in [0.1, 0.15) is 18.5 Å². The minimum atomic E-state index is -0.134. The molecule has 2 heterocycles. The summed E-state index contributed by atoms with van der Waals surface area (Å²) in [6.07, 6.45) is 1.91. The molecule has 2 N–H and O–H groups in total. The molecular weight excluding hydrogens is 230 g/mol. The van der Waals surface area contributed by atoms with E-state index in [0.29, 0.717) is 17.6 Å². The molecule has 0 bridgehead atoms. The van der Waals surface area contributed by atoms with Crippen LogP contribution in [0.2, 0.25) is 5.28 Å². The van der Waals surface area contributed by atoms with E-state index in [0.717, 1.165) is 26.1 Å². The van der Waals surface area contributed by atoms with Crippen molar-refractivity contribution in [1.29, 1.82) is 0 Å². The number of ether oxygens (including phenoxy) is 1. The van der Waals surface area contributed by atoms with Crippen LogP contribution >= 0.6 is 11.6 Å². The molecule has 0 amide bonds. The predicted molar refractivity (Wildman–Crippen MR) is 60.4 cm³/mol. The number of aliphatic hydroxyl groups excluding tert-OH is 1. The molecule has 0 radical (unpaired) electrons. The number of hydrogen-bond donors (Lipinski definition) is 2. The highest BCUT2D eigenvalue weighted by Crippen LogP contribution is 2.15. The van der Waals surface area contributed by atoms with Crippen molar-refractivity contribution in [2.45, 2.75) is 25.5 Å². The molecule has 0 atom stereocenters. The van der Waals surface area contributed by atoms with Crippen LogP contribution in [-0.4, -0.2) is 34.3 Å². The van der Waals surface area contributed by atoms with Gasteiger partial charge in [-0.05, 0) is 24.4 Å². The second kappa shape index (κ2) is 5.43. The Labute approximate surface area is 98.8 Å². The van der Waals surface area contributed by atoms with E-state index in [1.165, 1.54) is 0 Å². The molecule has 0 saturated carbocycles. The van der Waals surface area contributed by atoms with Gasteiger partial charge in [-0.3, -0.25) is 0 Å². The molecule has 0 spiro atoms. The van der Waals surface area contributed by atoms with E-state index in [4.69, 9.17) is 21.4 Å². The SMILES string of the molecule is OCc1cc(NC2CCOCC2)nc(Cl)n1. The monoisotopic (exact) mass is 243 g/mol. The molecule has 1 aliphatic heterocycles. The van der Waals surface area contributed by atoms with Crippen molar-refractivity contribution in [3.05, 3.63) is 17.0 Å². The summed E-state index contributed by atoms with van der Waals surface area (Å²) in [4.78, 5) is 7.95. The molecule has 5 nitrogen and oxygen atoms in total. The van der Waals surface area contributed by atoms with Gasteiger partial charge in [-0.25, -0.2) is 9.97 Å². The molecule has 0 aromatic carbocycles. The lowest BCUT2D eigenvalue weighted by Crippen LogP contribution is -2.28. The fourth-order valence-corrected chi connectivity index (χ4v) is 1.87. The Morgan fingerprint density at radius 3 is 2.88 bits per heavy atom. The van der Waals surface area contributed by atoms with E-state index in [9.17, 15) is 0 Å². The smallest absolute Gasteiger partial charge is 0.224 e. The number of halogens is 1. The molecule has 0 unspecified atom stereocenters. The van der Waals surface area contributed by atoms with Crippen LogP contribution in [0.25, 0.3) is 0 Å². The molecule has 6 heteroatoms. The number of aliphatic hydroxyl groups is 1. The van der Waals surface area contributed by atoms with Gasteiger partial charge >= 0.3 is 0 Å². The van der Waals surface area contributed by atoms with Gasteiger partial charge in [-0.2, -0.15) is 0 Å². The van der Waals surface area contributed by atoms with Crippen molar-refractivity contribution in [3.63, 3.8) is 0 Å².